The van der Waals surface area contributed by atoms with Gasteiger partial charge in [0.2, 0.25) is 0 Å². The second-order valence-electron chi connectivity index (χ2n) is 5.22. The zero-order valence-electron chi connectivity index (χ0n) is 10.1. The summed E-state index contributed by atoms with van der Waals surface area (Å²) < 4.78 is 0. The Morgan fingerprint density at radius 2 is 2.00 bits per heavy atom. The molecule has 0 unspecified atom stereocenters. The fourth-order valence-electron chi connectivity index (χ4n) is 2.58. The van der Waals surface area contributed by atoms with Crippen molar-refractivity contribution in [1.29, 1.82) is 0 Å². The minimum Gasteiger partial charge on any atom is -0.389 e. The monoisotopic (exact) mass is 196 g/mol. The van der Waals surface area contributed by atoms with Crippen molar-refractivity contribution in [2.75, 3.05) is 0 Å². The van der Waals surface area contributed by atoms with Crippen molar-refractivity contribution in [3.8, 4) is 0 Å². The number of aliphatic hydroxyl groups is 1. The van der Waals surface area contributed by atoms with E-state index in [4.69, 9.17) is 0 Å². The highest BCUT2D eigenvalue weighted by Gasteiger charge is 2.35. The minimum atomic E-state index is -0.179. The van der Waals surface area contributed by atoms with Gasteiger partial charge in [-0.1, -0.05) is 39.2 Å². The zero-order chi connectivity index (χ0) is 10.8. The Morgan fingerprint density at radius 3 is 2.43 bits per heavy atom. The van der Waals surface area contributed by atoms with E-state index in [2.05, 4.69) is 27.7 Å². The topological polar surface area (TPSA) is 20.2 Å². The summed E-state index contributed by atoms with van der Waals surface area (Å²) >= 11 is 0. The Morgan fingerprint density at radius 1 is 1.36 bits per heavy atom. The van der Waals surface area contributed by atoms with Crippen LogP contribution in [0.3, 0.4) is 0 Å². The first-order valence-electron chi connectivity index (χ1n) is 5.87. The SMILES string of the molecule is CCCCCC1=C(C)[C@@H](O)CC1(C)C. The van der Waals surface area contributed by atoms with Gasteiger partial charge in [-0.05, 0) is 37.2 Å². The molecule has 1 heteroatoms. The molecule has 0 heterocycles. The van der Waals surface area contributed by atoms with E-state index < -0.39 is 0 Å². The molecule has 0 saturated heterocycles. The average Bonchev–Trinajstić information content (AvgIpc) is 2.27. The molecule has 0 saturated carbocycles. The summed E-state index contributed by atoms with van der Waals surface area (Å²) in [5, 5.41) is 9.80. The number of aliphatic hydroxyl groups excluding tert-OH is 1. The van der Waals surface area contributed by atoms with E-state index in [0.29, 0.717) is 0 Å². The molecule has 0 bridgehead atoms. The number of rotatable bonds is 4. The third-order valence-electron chi connectivity index (χ3n) is 3.53. The van der Waals surface area contributed by atoms with Crippen molar-refractivity contribution in [2.24, 2.45) is 5.41 Å². The number of hydrogen-bond donors (Lipinski definition) is 1. The Bertz CT molecular complexity index is 225. The first kappa shape index (κ1) is 11.8. The van der Waals surface area contributed by atoms with Gasteiger partial charge < -0.3 is 5.11 Å². The Balaban J connectivity index is 2.63. The van der Waals surface area contributed by atoms with Crippen molar-refractivity contribution in [3.63, 3.8) is 0 Å². The largest absolute Gasteiger partial charge is 0.389 e. The molecule has 0 radical (unpaired) electrons. The summed E-state index contributed by atoms with van der Waals surface area (Å²) in [4.78, 5) is 0. The van der Waals surface area contributed by atoms with Crippen LogP contribution < -0.4 is 0 Å². The Kier molecular flexibility index (Phi) is 3.77. The Labute approximate surface area is 88.2 Å². The van der Waals surface area contributed by atoms with Crippen LogP contribution in [0, 0.1) is 5.41 Å². The molecule has 82 valence electrons. The average molecular weight is 196 g/mol. The van der Waals surface area contributed by atoms with Gasteiger partial charge in [0, 0.05) is 0 Å². The maximum absolute atomic E-state index is 9.80. The van der Waals surface area contributed by atoms with E-state index in [1.54, 1.807) is 0 Å². The lowest BCUT2D eigenvalue weighted by molar-refractivity contribution is 0.182. The molecule has 1 rings (SSSR count). The second kappa shape index (κ2) is 4.48. The van der Waals surface area contributed by atoms with Gasteiger partial charge >= 0.3 is 0 Å². The van der Waals surface area contributed by atoms with Crippen LogP contribution in [0.2, 0.25) is 0 Å². The molecule has 1 nitrogen and oxygen atoms in total. The van der Waals surface area contributed by atoms with Gasteiger partial charge in [-0.3, -0.25) is 0 Å². The zero-order valence-corrected chi connectivity index (χ0v) is 10.1. The summed E-state index contributed by atoms with van der Waals surface area (Å²) in [6, 6.07) is 0. The maximum Gasteiger partial charge on any atom is 0.0758 e. The van der Waals surface area contributed by atoms with Crippen molar-refractivity contribution >= 4 is 0 Å². The summed E-state index contributed by atoms with van der Waals surface area (Å²) in [5.41, 5.74) is 2.99. The van der Waals surface area contributed by atoms with Gasteiger partial charge in [-0.25, -0.2) is 0 Å². The predicted octanol–water partition coefficient (Wildman–Crippen LogP) is 3.67. The van der Waals surface area contributed by atoms with Crippen LogP contribution >= 0.6 is 0 Å². The van der Waals surface area contributed by atoms with Crippen LogP contribution in [-0.4, -0.2) is 11.2 Å². The van der Waals surface area contributed by atoms with E-state index in [0.717, 1.165) is 6.42 Å². The van der Waals surface area contributed by atoms with E-state index in [9.17, 15) is 5.11 Å². The highest BCUT2D eigenvalue weighted by atomic mass is 16.3. The van der Waals surface area contributed by atoms with Crippen LogP contribution in [0.25, 0.3) is 0 Å². The molecule has 0 aromatic carbocycles. The molecule has 1 N–H and O–H groups in total. The molecule has 1 aliphatic rings. The smallest absolute Gasteiger partial charge is 0.0758 e. The molecule has 14 heavy (non-hydrogen) atoms. The van der Waals surface area contributed by atoms with Crippen molar-refractivity contribution < 1.29 is 5.11 Å². The van der Waals surface area contributed by atoms with E-state index in [-0.39, 0.29) is 11.5 Å². The third kappa shape index (κ3) is 2.38. The molecule has 0 aromatic heterocycles. The Hall–Kier alpha value is -0.300. The van der Waals surface area contributed by atoms with E-state index >= 15 is 0 Å². The molecule has 0 aliphatic heterocycles. The normalized spacial score (nSPS) is 25.9. The van der Waals surface area contributed by atoms with Gasteiger partial charge in [-0.15, -0.1) is 0 Å². The third-order valence-corrected chi connectivity index (χ3v) is 3.53. The fraction of sp³-hybridized carbons (Fsp3) is 0.846. The van der Waals surface area contributed by atoms with Crippen molar-refractivity contribution in [2.45, 2.75) is 65.9 Å². The summed E-state index contributed by atoms with van der Waals surface area (Å²) in [5.74, 6) is 0. The molecular weight excluding hydrogens is 172 g/mol. The van der Waals surface area contributed by atoms with Crippen LogP contribution in [0.5, 0.6) is 0 Å². The van der Waals surface area contributed by atoms with Crippen LogP contribution in [0.1, 0.15) is 59.8 Å². The van der Waals surface area contributed by atoms with E-state index in [1.807, 2.05) is 0 Å². The molecule has 1 atom stereocenters. The lowest BCUT2D eigenvalue weighted by atomic mass is 9.82. The number of allylic oxidation sites excluding steroid dienone is 1. The molecule has 0 amide bonds. The highest BCUT2D eigenvalue weighted by Crippen LogP contribution is 2.44. The van der Waals surface area contributed by atoms with Gasteiger partial charge in [-0.2, -0.15) is 0 Å². The fourth-order valence-corrected chi connectivity index (χ4v) is 2.58. The molecule has 0 aromatic rings. The molecule has 1 aliphatic carbocycles. The van der Waals surface area contributed by atoms with Gasteiger partial charge in [0.25, 0.3) is 0 Å². The van der Waals surface area contributed by atoms with Gasteiger partial charge in [0.1, 0.15) is 0 Å². The first-order valence-corrected chi connectivity index (χ1v) is 5.87. The summed E-state index contributed by atoms with van der Waals surface area (Å²) in [6.45, 7) is 8.85. The van der Waals surface area contributed by atoms with Crippen molar-refractivity contribution in [1.82, 2.24) is 0 Å². The van der Waals surface area contributed by atoms with E-state index in [1.165, 1.54) is 36.8 Å². The van der Waals surface area contributed by atoms with Crippen molar-refractivity contribution in [3.05, 3.63) is 11.1 Å². The summed E-state index contributed by atoms with van der Waals surface area (Å²) in [7, 11) is 0. The summed E-state index contributed by atoms with van der Waals surface area (Å²) in [6.07, 6.45) is 5.78. The quantitative estimate of drug-likeness (QED) is 0.537. The lowest BCUT2D eigenvalue weighted by Crippen LogP contribution is -2.13. The standard InChI is InChI=1S/C13H24O/c1-5-6-7-8-11-10(2)12(14)9-13(11,3)4/h12,14H,5-9H2,1-4H3/t12-/m0/s1. The van der Waals surface area contributed by atoms with Crippen LogP contribution in [0.15, 0.2) is 11.1 Å². The maximum atomic E-state index is 9.80. The first-order chi connectivity index (χ1) is 6.49. The van der Waals surface area contributed by atoms with Crippen LogP contribution in [-0.2, 0) is 0 Å². The predicted molar refractivity (Wildman–Crippen MR) is 61.2 cm³/mol. The van der Waals surface area contributed by atoms with Crippen LogP contribution in [0.4, 0.5) is 0 Å². The minimum absolute atomic E-state index is 0.179. The lowest BCUT2D eigenvalue weighted by Gasteiger charge is -2.22. The number of hydrogen-bond acceptors (Lipinski definition) is 1. The van der Waals surface area contributed by atoms with Gasteiger partial charge in [0.05, 0.1) is 6.10 Å². The highest BCUT2D eigenvalue weighted by molar-refractivity contribution is 5.29. The molecular formula is C13H24O. The second-order valence-corrected chi connectivity index (χ2v) is 5.22. The molecule has 0 fully saturated rings. The van der Waals surface area contributed by atoms with Gasteiger partial charge in [0.15, 0.2) is 0 Å². The molecule has 0 spiro atoms. The number of unbranched alkanes of at least 4 members (excludes halogenated alkanes) is 2.